The number of carboxylic acids is 1. The highest BCUT2D eigenvalue weighted by Crippen LogP contribution is 2.12. The summed E-state index contributed by atoms with van der Waals surface area (Å²) in [4.78, 5) is 11.1. The number of carbonyl (C=O) groups is 1. The van der Waals surface area contributed by atoms with Crippen molar-refractivity contribution in [2.45, 2.75) is 46.7 Å². The number of rotatable bonds is 6. The minimum absolute atomic E-state index is 0.372. The molecule has 1 atom stereocenters. The fourth-order valence-corrected chi connectivity index (χ4v) is 1.97. The summed E-state index contributed by atoms with van der Waals surface area (Å²) < 4.78 is 0. The molecule has 0 heterocycles. The molecule has 0 bridgehead atoms. The molecule has 0 amide bonds. The average Bonchev–Trinajstić information content (AvgIpc) is 2.27. The standard InChI is InChI=1S/C15H23NO2/c1-10(2)7-14(15(17)18)16-9-13-8-11(3)5-6-12(13)4/h5-6,8,10,14,16H,7,9H2,1-4H3,(H,17,18). The highest BCUT2D eigenvalue weighted by atomic mass is 16.4. The van der Waals surface area contributed by atoms with Gasteiger partial charge in [-0.3, -0.25) is 4.79 Å². The Bertz CT molecular complexity index is 413. The summed E-state index contributed by atoms with van der Waals surface area (Å²) in [5.74, 6) is -0.397. The van der Waals surface area contributed by atoms with Crippen LogP contribution >= 0.6 is 0 Å². The maximum Gasteiger partial charge on any atom is 0.320 e. The van der Waals surface area contributed by atoms with E-state index in [1.54, 1.807) is 0 Å². The molecule has 0 saturated carbocycles. The van der Waals surface area contributed by atoms with Gasteiger partial charge in [0.1, 0.15) is 6.04 Å². The topological polar surface area (TPSA) is 49.3 Å². The van der Waals surface area contributed by atoms with Gasteiger partial charge in [-0.25, -0.2) is 0 Å². The van der Waals surface area contributed by atoms with Gasteiger partial charge in [-0.15, -0.1) is 0 Å². The quantitative estimate of drug-likeness (QED) is 0.815. The summed E-state index contributed by atoms with van der Waals surface area (Å²) in [7, 11) is 0. The minimum Gasteiger partial charge on any atom is -0.480 e. The Morgan fingerprint density at radius 2 is 2.00 bits per heavy atom. The fraction of sp³-hybridized carbons (Fsp3) is 0.533. The molecule has 2 N–H and O–H groups in total. The molecule has 0 spiro atoms. The maximum atomic E-state index is 11.1. The Balaban J connectivity index is 2.66. The van der Waals surface area contributed by atoms with Crippen molar-refractivity contribution in [1.29, 1.82) is 0 Å². The Labute approximate surface area is 109 Å². The second-order valence-corrected chi connectivity index (χ2v) is 5.33. The highest BCUT2D eigenvalue weighted by molar-refractivity contribution is 5.73. The number of benzene rings is 1. The van der Waals surface area contributed by atoms with Crippen LogP contribution in [0.2, 0.25) is 0 Å². The van der Waals surface area contributed by atoms with Gasteiger partial charge in [0.15, 0.2) is 0 Å². The monoisotopic (exact) mass is 249 g/mol. The van der Waals surface area contributed by atoms with Crippen molar-refractivity contribution in [3.8, 4) is 0 Å². The summed E-state index contributed by atoms with van der Waals surface area (Å²) in [5.41, 5.74) is 3.57. The van der Waals surface area contributed by atoms with Crippen molar-refractivity contribution < 1.29 is 9.90 Å². The van der Waals surface area contributed by atoms with Crippen LogP contribution in [0.15, 0.2) is 18.2 Å². The van der Waals surface area contributed by atoms with Crippen LogP contribution in [0.1, 0.15) is 37.0 Å². The zero-order valence-electron chi connectivity index (χ0n) is 11.7. The van der Waals surface area contributed by atoms with Gasteiger partial charge in [0.25, 0.3) is 0 Å². The molecule has 0 aliphatic carbocycles. The summed E-state index contributed by atoms with van der Waals surface area (Å²) in [6.45, 7) is 8.78. The minimum atomic E-state index is -0.769. The molecule has 18 heavy (non-hydrogen) atoms. The van der Waals surface area contributed by atoms with Crippen LogP contribution < -0.4 is 5.32 Å². The normalized spacial score (nSPS) is 12.7. The van der Waals surface area contributed by atoms with E-state index in [2.05, 4.69) is 30.4 Å². The van der Waals surface area contributed by atoms with E-state index >= 15 is 0 Å². The molecule has 1 unspecified atom stereocenters. The Kier molecular flexibility index (Phi) is 5.35. The molecule has 1 aromatic carbocycles. The smallest absolute Gasteiger partial charge is 0.320 e. The highest BCUT2D eigenvalue weighted by Gasteiger charge is 2.18. The van der Waals surface area contributed by atoms with Gasteiger partial charge < -0.3 is 10.4 Å². The van der Waals surface area contributed by atoms with Gasteiger partial charge >= 0.3 is 5.97 Å². The van der Waals surface area contributed by atoms with E-state index in [1.165, 1.54) is 16.7 Å². The molecule has 3 heteroatoms. The molecule has 100 valence electrons. The average molecular weight is 249 g/mol. The van der Waals surface area contributed by atoms with E-state index < -0.39 is 12.0 Å². The van der Waals surface area contributed by atoms with Crippen LogP contribution in [0.4, 0.5) is 0 Å². The first-order chi connectivity index (χ1) is 8.40. The fourth-order valence-electron chi connectivity index (χ4n) is 1.97. The van der Waals surface area contributed by atoms with Crippen molar-refractivity contribution in [2.75, 3.05) is 0 Å². The third-order valence-corrected chi connectivity index (χ3v) is 3.05. The van der Waals surface area contributed by atoms with Gasteiger partial charge in [0.2, 0.25) is 0 Å². The first-order valence-electron chi connectivity index (χ1n) is 6.42. The van der Waals surface area contributed by atoms with Crippen molar-refractivity contribution >= 4 is 5.97 Å². The lowest BCUT2D eigenvalue weighted by Gasteiger charge is -2.17. The third kappa shape index (κ3) is 4.49. The van der Waals surface area contributed by atoms with E-state index in [4.69, 9.17) is 5.11 Å². The molecule has 0 aliphatic heterocycles. The molecular formula is C15H23NO2. The third-order valence-electron chi connectivity index (χ3n) is 3.05. The van der Waals surface area contributed by atoms with Gasteiger partial charge in [-0.2, -0.15) is 0 Å². The zero-order valence-corrected chi connectivity index (χ0v) is 11.7. The molecule has 0 aromatic heterocycles. The molecule has 0 fully saturated rings. The molecule has 0 radical (unpaired) electrons. The Morgan fingerprint density at radius 1 is 1.33 bits per heavy atom. The van der Waals surface area contributed by atoms with E-state index in [0.29, 0.717) is 18.9 Å². The maximum absolute atomic E-state index is 11.1. The first-order valence-corrected chi connectivity index (χ1v) is 6.42. The number of nitrogens with one attached hydrogen (secondary N) is 1. The first kappa shape index (κ1) is 14.7. The Hall–Kier alpha value is -1.35. The van der Waals surface area contributed by atoms with Crippen LogP contribution in [0, 0.1) is 19.8 Å². The van der Waals surface area contributed by atoms with Crippen molar-refractivity contribution in [2.24, 2.45) is 5.92 Å². The molecule has 1 rings (SSSR count). The number of carboxylic acid groups (broad SMARTS) is 1. The number of hydrogen-bond donors (Lipinski definition) is 2. The van der Waals surface area contributed by atoms with Crippen LogP contribution in [-0.2, 0) is 11.3 Å². The SMILES string of the molecule is Cc1ccc(C)c(CNC(CC(C)C)C(=O)O)c1. The van der Waals surface area contributed by atoms with Crippen LogP contribution in [-0.4, -0.2) is 17.1 Å². The molecule has 0 aliphatic rings. The van der Waals surface area contributed by atoms with Crippen LogP contribution in [0.25, 0.3) is 0 Å². The second kappa shape index (κ2) is 6.55. The van der Waals surface area contributed by atoms with Gasteiger partial charge in [-0.1, -0.05) is 37.6 Å². The second-order valence-electron chi connectivity index (χ2n) is 5.33. The largest absolute Gasteiger partial charge is 0.480 e. The van der Waals surface area contributed by atoms with E-state index in [9.17, 15) is 4.79 Å². The molecule has 3 nitrogen and oxygen atoms in total. The lowest BCUT2D eigenvalue weighted by molar-refractivity contribution is -0.140. The predicted molar refractivity (Wildman–Crippen MR) is 73.6 cm³/mol. The number of aryl methyl sites for hydroxylation is 2. The van der Waals surface area contributed by atoms with E-state index in [1.807, 2.05) is 20.8 Å². The van der Waals surface area contributed by atoms with Crippen LogP contribution in [0.5, 0.6) is 0 Å². The number of hydrogen-bond acceptors (Lipinski definition) is 2. The summed E-state index contributed by atoms with van der Waals surface area (Å²) >= 11 is 0. The summed E-state index contributed by atoms with van der Waals surface area (Å²) in [5, 5.41) is 12.3. The van der Waals surface area contributed by atoms with Gasteiger partial charge in [-0.05, 0) is 37.3 Å². The molecular weight excluding hydrogens is 226 g/mol. The van der Waals surface area contributed by atoms with Gasteiger partial charge in [0, 0.05) is 6.54 Å². The van der Waals surface area contributed by atoms with Crippen molar-refractivity contribution in [1.82, 2.24) is 5.32 Å². The van der Waals surface area contributed by atoms with E-state index in [0.717, 1.165) is 0 Å². The summed E-state index contributed by atoms with van der Waals surface area (Å²) in [6, 6.07) is 5.79. The van der Waals surface area contributed by atoms with Crippen LogP contribution in [0.3, 0.4) is 0 Å². The summed E-state index contributed by atoms with van der Waals surface area (Å²) in [6.07, 6.45) is 0.653. The zero-order chi connectivity index (χ0) is 13.7. The van der Waals surface area contributed by atoms with Gasteiger partial charge in [0.05, 0.1) is 0 Å². The molecule has 1 aromatic rings. The van der Waals surface area contributed by atoms with Crippen molar-refractivity contribution in [3.05, 3.63) is 34.9 Å². The van der Waals surface area contributed by atoms with E-state index in [-0.39, 0.29) is 0 Å². The lowest BCUT2D eigenvalue weighted by atomic mass is 10.0. The predicted octanol–water partition coefficient (Wildman–Crippen LogP) is 2.89. The lowest BCUT2D eigenvalue weighted by Crippen LogP contribution is -2.37. The molecule has 0 saturated heterocycles. The Morgan fingerprint density at radius 3 is 2.56 bits per heavy atom. The van der Waals surface area contributed by atoms with Crippen molar-refractivity contribution in [3.63, 3.8) is 0 Å². The number of aliphatic carboxylic acids is 1.